The molecule has 0 aromatic heterocycles. The number of halogens is 4. The lowest BCUT2D eigenvalue weighted by Gasteiger charge is -2.12. The molecule has 2 aromatic rings. The molecule has 0 saturated heterocycles. The van der Waals surface area contributed by atoms with Crippen LogP contribution < -0.4 is 0 Å². The van der Waals surface area contributed by atoms with Crippen molar-refractivity contribution in [3.8, 4) is 0 Å². The highest BCUT2D eigenvalue weighted by Crippen LogP contribution is 2.23. The maximum atomic E-state index is 13.4. The van der Waals surface area contributed by atoms with Gasteiger partial charge in [-0.25, -0.2) is 17.6 Å². The van der Waals surface area contributed by atoms with Crippen molar-refractivity contribution in [3.63, 3.8) is 0 Å². The molecule has 0 spiro atoms. The number of hydrogen-bond acceptors (Lipinski definition) is 1. The summed E-state index contributed by atoms with van der Waals surface area (Å²) in [6, 6.07) is 6.23. The van der Waals surface area contributed by atoms with Crippen LogP contribution in [-0.2, 0) is 6.42 Å². The van der Waals surface area contributed by atoms with Gasteiger partial charge in [-0.1, -0.05) is 18.2 Å². The van der Waals surface area contributed by atoms with Crippen molar-refractivity contribution >= 4 is 0 Å². The Morgan fingerprint density at radius 3 is 2.37 bits per heavy atom. The van der Waals surface area contributed by atoms with E-state index in [1.54, 1.807) is 0 Å². The van der Waals surface area contributed by atoms with Gasteiger partial charge in [0, 0.05) is 18.1 Å². The topological polar surface area (TPSA) is 20.2 Å². The van der Waals surface area contributed by atoms with E-state index in [1.807, 2.05) is 0 Å². The van der Waals surface area contributed by atoms with Gasteiger partial charge in [-0.3, -0.25) is 0 Å². The molecule has 0 bridgehead atoms. The zero-order chi connectivity index (χ0) is 14.0. The smallest absolute Gasteiger partial charge is 0.162 e. The summed E-state index contributed by atoms with van der Waals surface area (Å²) >= 11 is 0. The predicted octanol–water partition coefficient (Wildman–Crippen LogP) is 3.52. The van der Waals surface area contributed by atoms with E-state index in [9.17, 15) is 22.7 Å². The van der Waals surface area contributed by atoms with Crippen LogP contribution in [0.2, 0.25) is 0 Å². The van der Waals surface area contributed by atoms with Gasteiger partial charge in [0.1, 0.15) is 11.6 Å². The molecule has 5 heteroatoms. The van der Waals surface area contributed by atoms with Crippen LogP contribution in [0.4, 0.5) is 17.6 Å². The molecule has 0 amide bonds. The molecular formula is C14H10F4O. The Morgan fingerprint density at radius 1 is 0.947 bits per heavy atom. The van der Waals surface area contributed by atoms with Gasteiger partial charge in [0.15, 0.2) is 11.6 Å². The number of aliphatic hydroxyl groups excluding tert-OH is 1. The lowest BCUT2D eigenvalue weighted by atomic mass is 10.0. The Morgan fingerprint density at radius 2 is 1.68 bits per heavy atom. The zero-order valence-electron chi connectivity index (χ0n) is 9.71. The molecule has 1 unspecified atom stereocenters. The number of hydrogen-bond donors (Lipinski definition) is 1. The summed E-state index contributed by atoms with van der Waals surface area (Å²) in [5.41, 5.74) is -0.235. The molecule has 0 fully saturated rings. The van der Waals surface area contributed by atoms with Crippen LogP contribution in [0.1, 0.15) is 17.2 Å². The standard InChI is InChI=1S/C14H10F4O/c15-9-4-5-10(12(17)7-9)13(19)6-8-2-1-3-11(16)14(8)18/h1-5,7,13,19H,6H2. The fourth-order valence-corrected chi connectivity index (χ4v) is 1.80. The first-order valence-electron chi connectivity index (χ1n) is 5.55. The zero-order valence-corrected chi connectivity index (χ0v) is 9.71. The Kier molecular flexibility index (Phi) is 3.85. The van der Waals surface area contributed by atoms with Crippen LogP contribution >= 0.6 is 0 Å². The van der Waals surface area contributed by atoms with Gasteiger partial charge >= 0.3 is 0 Å². The van der Waals surface area contributed by atoms with Crippen molar-refractivity contribution in [2.45, 2.75) is 12.5 Å². The number of rotatable bonds is 3. The molecule has 1 nitrogen and oxygen atoms in total. The van der Waals surface area contributed by atoms with Gasteiger partial charge in [0.25, 0.3) is 0 Å². The Balaban J connectivity index is 2.25. The molecule has 0 aliphatic heterocycles. The summed E-state index contributed by atoms with van der Waals surface area (Å²) in [4.78, 5) is 0. The first-order chi connectivity index (χ1) is 8.99. The van der Waals surface area contributed by atoms with Crippen molar-refractivity contribution < 1.29 is 22.7 Å². The molecule has 19 heavy (non-hydrogen) atoms. The second-order valence-corrected chi connectivity index (χ2v) is 4.10. The number of benzene rings is 2. The monoisotopic (exact) mass is 270 g/mol. The normalized spacial score (nSPS) is 12.5. The lowest BCUT2D eigenvalue weighted by Crippen LogP contribution is -2.07. The third-order valence-corrected chi connectivity index (χ3v) is 2.77. The second-order valence-electron chi connectivity index (χ2n) is 4.10. The van der Waals surface area contributed by atoms with Crippen molar-refractivity contribution in [1.29, 1.82) is 0 Å². The average Bonchev–Trinajstić information content (AvgIpc) is 2.34. The van der Waals surface area contributed by atoms with E-state index in [0.717, 1.165) is 18.2 Å². The van der Waals surface area contributed by atoms with Crippen LogP contribution in [0.3, 0.4) is 0 Å². The van der Waals surface area contributed by atoms with E-state index in [0.29, 0.717) is 6.07 Å². The third-order valence-electron chi connectivity index (χ3n) is 2.77. The van der Waals surface area contributed by atoms with E-state index >= 15 is 0 Å². The molecule has 2 aromatic carbocycles. The van der Waals surface area contributed by atoms with E-state index in [4.69, 9.17) is 0 Å². The predicted molar refractivity (Wildman–Crippen MR) is 61.4 cm³/mol. The minimum absolute atomic E-state index is 0.0729. The second kappa shape index (κ2) is 5.40. The summed E-state index contributed by atoms with van der Waals surface area (Å²) in [5, 5.41) is 9.81. The first kappa shape index (κ1) is 13.5. The van der Waals surface area contributed by atoms with Crippen LogP contribution in [0.5, 0.6) is 0 Å². The van der Waals surface area contributed by atoms with Gasteiger partial charge in [0.05, 0.1) is 6.10 Å². The van der Waals surface area contributed by atoms with Crippen LogP contribution in [-0.4, -0.2) is 5.11 Å². The Hall–Kier alpha value is -1.88. The Labute approximate surface area is 107 Å². The average molecular weight is 270 g/mol. The molecule has 0 radical (unpaired) electrons. The highest BCUT2D eigenvalue weighted by Gasteiger charge is 2.17. The molecule has 0 heterocycles. The lowest BCUT2D eigenvalue weighted by molar-refractivity contribution is 0.172. The third kappa shape index (κ3) is 2.93. The summed E-state index contributed by atoms with van der Waals surface area (Å²) < 4.78 is 52.5. The first-order valence-corrected chi connectivity index (χ1v) is 5.55. The largest absolute Gasteiger partial charge is 0.388 e. The van der Waals surface area contributed by atoms with Crippen molar-refractivity contribution in [2.75, 3.05) is 0 Å². The van der Waals surface area contributed by atoms with Crippen LogP contribution in [0.25, 0.3) is 0 Å². The molecule has 1 N–H and O–H groups in total. The summed E-state index contributed by atoms with van der Waals surface area (Å²) in [6.07, 6.45) is -1.68. The van der Waals surface area contributed by atoms with Crippen molar-refractivity contribution in [2.24, 2.45) is 0 Å². The fourth-order valence-electron chi connectivity index (χ4n) is 1.80. The maximum absolute atomic E-state index is 13.4. The van der Waals surface area contributed by atoms with E-state index in [2.05, 4.69) is 0 Å². The molecule has 0 aliphatic carbocycles. The van der Waals surface area contributed by atoms with Gasteiger partial charge in [-0.05, 0) is 17.7 Å². The van der Waals surface area contributed by atoms with Gasteiger partial charge in [0.2, 0.25) is 0 Å². The number of aliphatic hydroxyl groups is 1. The molecule has 2 rings (SSSR count). The summed E-state index contributed by atoms with van der Waals surface area (Å²) in [5.74, 6) is -3.82. The minimum atomic E-state index is -1.38. The van der Waals surface area contributed by atoms with Crippen molar-refractivity contribution in [1.82, 2.24) is 0 Å². The quantitative estimate of drug-likeness (QED) is 0.846. The fraction of sp³-hybridized carbons (Fsp3) is 0.143. The summed E-state index contributed by atoms with van der Waals surface area (Å²) in [6.45, 7) is 0. The Bertz CT molecular complexity index is 598. The van der Waals surface area contributed by atoms with E-state index in [-0.39, 0.29) is 17.5 Å². The molecule has 0 aliphatic rings. The highest BCUT2D eigenvalue weighted by molar-refractivity contribution is 5.25. The van der Waals surface area contributed by atoms with E-state index < -0.39 is 29.4 Å². The van der Waals surface area contributed by atoms with Gasteiger partial charge in [-0.2, -0.15) is 0 Å². The minimum Gasteiger partial charge on any atom is -0.388 e. The molecule has 1 atom stereocenters. The maximum Gasteiger partial charge on any atom is 0.162 e. The van der Waals surface area contributed by atoms with Gasteiger partial charge < -0.3 is 5.11 Å². The van der Waals surface area contributed by atoms with Gasteiger partial charge in [-0.15, -0.1) is 0 Å². The summed E-state index contributed by atoms with van der Waals surface area (Å²) in [7, 11) is 0. The van der Waals surface area contributed by atoms with E-state index in [1.165, 1.54) is 12.1 Å². The van der Waals surface area contributed by atoms with Crippen molar-refractivity contribution in [3.05, 3.63) is 70.8 Å². The highest BCUT2D eigenvalue weighted by atomic mass is 19.2. The SMILES string of the molecule is OC(Cc1cccc(F)c1F)c1ccc(F)cc1F. The molecule has 0 saturated carbocycles. The molecular weight excluding hydrogens is 260 g/mol. The van der Waals surface area contributed by atoms with Crippen LogP contribution in [0, 0.1) is 23.3 Å². The van der Waals surface area contributed by atoms with Crippen LogP contribution in [0.15, 0.2) is 36.4 Å². The molecule has 100 valence electrons.